The quantitative estimate of drug-likeness (QED) is 0.336. The molecule has 0 spiro atoms. The number of halogens is 1. The van der Waals surface area contributed by atoms with Crippen molar-refractivity contribution in [1.29, 1.82) is 0 Å². The summed E-state index contributed by atoms with van der Waals surface area (Å²) in [7, 11) is -3.91. The van der Waals surface area contributed by atoms with Gasteiger partial charge in [0.2, 0.25) is 0 Å². The minimum Gasteiger partial charge on any atom is -0.492 e. The molecular weight excluding hydrogens is 568 g/mol. The number of fused-ring (bicyclic) bond motifs is 1. The van der Waals surface area contributed by atoms with Gasteiger partial charge in [0.15, 0.2) is 0 Å². The Labute approximate surface area is 233 Å². The summed E-state index contributed by atoms with van der Waals surface area (Å²) < 4.78 is 34.8. The van der Waals surface area contributed by atoms with Crippen LogP contribution in [0.5, 0.6) is 5.75 Å². The average Bonchev–Trinajstić information content (AvgIpc) is 2.87. The van der Waals surface area contributed by atoms with Crippen LogP contribution in [0.3, 0.4) is 0 Å². The number of hydrogen-bond donors (Lipinski definition) is 2. The van der Waals surface area contributed by atoms with Gasteiger partial charge in [-0.3, -0.25) is 9.52 Å². The molecular formula is C29H33BrN2O5S. The highest BCUT2D eigenvalue weighted by molar-refractivity contribution is 9.10. The lowest BCUT2D eigenvalue weighted by Crippen LogP contribution is -2.36. The summed E-state index contributed by atoms with van der Waals surface area (Å²) in [5.74, 6) is 0.173. The second-order valence-electron chi connectivity index (χ2n) is 10.1. The maximum absolute atomic E-state index is 13.2. The van der Waals surface area contributed by atoms with Gasteiger partial charge < -0.3 is 14.7 Å². The van der Waals surface area contributed by atoms with Gasteiger partial charge in [0, 0.05) is 28.8 Å². The zero-order valence-electron chi connectivity index (χ0n) is 21.8. The third kappa shape index (κ3) is 6.95. The second-order valence-corrected chi connectivity index (χ2v) is 12.7. The van der Waals surface area contributed by atoms with E-state index < -0.39 is 15.6 Å². The molecule has 7 nitrogen and oxygen atoms in total. The summed E-state index contributed by atoms with van der Waals surface area (Å²) >= 11 is 3.32. The van der Waals surface area contributed by atoms with Gasteiger partial charge in [-0.05, 0) is 99.2 Å². The average molecular weight is 602 g/mol. The summed E-state index contributed by atoms with van der Waals surface area (Å²) in [6, 6.07) is 17.6. The Bertz CT molecular complexity index is 1420. The number of ether oxygens (including phenoxy) is 1. The van der Waals surface area contributed by atoms with Gasteiger partial charge in [-0.2, -0.15) is 0 Å². The Morgan fingerprint density at radius 2 is 1.82 bits per heavy atom. The van der Waals surface area contributed by atoms with E-state index in [-0.39, 0.29) is 16.6 Å². The number of nitrogens with one attached hydrogen (secondary N) is 1. The lowest BCUT2D eigenvalue weighted by atomic mass is 9.93. The smallest absolute Gasteiger partial charge is 0.265 e. The Balaban J connectivity index is 1.43. The number of aliphatic hydroxyl groups is 1. The number of aryl methyl sites for hydroxylation is 1. The molecule has 0 atom stereocenters. The van der Waals surface area contributed by atoms with Crippen LogP contribution in [-0.2, 0) is 29.4 Å². The fourth-order valence-electron chi connectivity index (χ4n) is 4.43. The molecule has 3 aromatic rings. The number of carbonyl (C=O) groups excluding carboxylic acids is 1. The van der Waals surface area contributed by atoms with Crippen molar-refractivity contribution < 1.29 is 23.1 Å². The number of sulfonamides is 1. The van der Waals surface area contributed by atoms with Crippen LogP contribution in [0.15, 0.2) is 70.0 Å². The first kappa shape index (κ1) is 28.1. The van der Waals surface area contributed by atoms with Crippen molar-refractivity contribution in [2.24, 2.45) is 0 Å². The Hall–Kier alpha value is -2.88. The van der Waals surface area contributed by atoms with E-state index in [0.717, 1.165) is 18.4 Å². The number of nitrogens with zero attached hydrogens (tertiary/aromatic N) is 1. The van der Waals surface area contributed by atoms with E-state index in [9.17, 15) is 18.3 Å². The van der Waals surface area contributed by atoms with Crippen molar-refractivity contribution >= 4 is 37.5 Å². The van der Waals surface area contributed by atoms with E-state index in [4.69, 9.17) is 4.74 Å². The predicted octanol–water partition coefficient (Wildman–Crippen LogP) is 5.55. The van der Waals surface area contributed by atoms with Crippen LogP contribution in [-0.4, -0.2) is 43.1 Å². The van der Waals surface area contributed by atoms with E-state index in [2.05, 4.69) is 38.9 Å². The molecule has 0 bridgehead atoms. The number of anilines is 1. The van der Waals surface area contributed by atoms with Gasteiger partial charge in [-0.25, -0.2) is 8.42 Å². The van der Waals surface area contributed by atoms with Gasteiger partial charge in [0.25, 0.3) is 15.9 Å². The second kappa shape index (κ2) is 11.5. The predicted molar refractivity (Wildman–Crippen MR) is 152 cm³/mol. The molecule has 3 aromatic carbocycles. The molecule has 0 saturated carbocycles. The molecule has 1 aliphatic heterocycles. The molecule has 2 N–H and O–H groups in total. The molecule has 9 heteroatoms. The normalized spacial score (nSPS) is 13.7. The molecule has 0 fully saturated rings. The number of hydrogen-bond acceptors (Lipinski definition) is 5. The summed E-state index contributed by atoms with van der Waals surface area (Å²) in [6.07, 6.45) is 2.27. The van der Waals surface area contributed by atoms with E-state index in [1.54, 1.807) is 43.3 Å². The van der Waals surface area contributed by atoms with E-state index in [0.29, 0.717) is 41.8 Å². The van der Waals surface area contributed by atoms with Crippen LogP contribution >= 0.6 is 15.9 Å². The van der Waals surface area contributed by atoms with E-state index in [1.165, 1.54) is 17.2 Å². The molecule has 1 amide bonds. The minimum atomic E-state index is -3.91. The highest BCUT2D eigenvalue weighted by Crippen LogP contribution is 2.30. The molecule has 0 radical (unpaired) electrons. The summed E-state index contributed by atoms with van der Waals surface area (Å²) in [6.45, 7) is 6.90. The van der Waals surface area contributed by atoms with Gasteiger partial charge in [-0.1, -0.05) is 34.1 Å². The lowest BCUT2D eigenvalue weighted by molar-refractivity contribution is 0.0709. The fraction of sp³-hybridized carbons (Fsp3) is 0.345. The lowest BCUT2D eigenvalue weighted by Gasteiger charge is -2.29. The highest BCUT2D eigenvalue weighted by Gasteiger charge is 2.24. The van der Waals surface area contributed by atoms with E-state index >= 15 is 0 Å². The van der Waals surface area contributed by atoms with Crippen LogP contribution in [0, 0.1) is 0 Å². The van der Waals surface area contributed by atoms with Crippen LogP contribution in [0.25, 0.3) is 0 Å². The summed E-state index contributed by atoms with van der Waals surface area (Å²) in [4.78, 5) is 15.0. The van der Waals surface area contributed by atoms with Crippen LogP contribution in [0.2, 0.25) is 0 Å². The van der Waals surface area contributed by atoms with Gasteiger partial charge in [0.05, 0.1) is 12.2 Å². The standard InChI is InChI=1S/C29H33BrN2O5S/c1-4-37-26-12-9-24(30)18-27(26)38(35,36)31-25-10-7-21(8-11-25)28(33)32-16-14-22-17-20(5-6-23(22)19-32)13-15-29(2,3)34/h5-12,17-18,31,34H,4,13-16,19H2,1-3H3. The van der Waals surface area contributed by atoms with Gasteiger partial charge in [-0.15, -0.1) is 0 Å². The molecule has 0 saturated heterocycles. The zero-order valence-corrected chi connectivity index (χ0v) is 24.2. The third-order valence-corrected chi connectivity index (χ3v) is 8.37. The van der Waals surface area contributed by atoms with Gasteiger partial charge in [0.1, 0.15) is 10.6 Å². The van der Waals surface area contributed by atoms with Crippen molar-refractivity contribution in [3.63, 3.8) is 0 Å². The van der Waals surface area contributed by atoms with Crippen LogP contribution in [0.1, 0.15) is 54.2 Å². The van der Waals surface area contributed by atoms with Crippen molar-refractivity contribution in [3.8, 4) is 5.75 Å². The number of benzene rings is 3. The molecule has 4 rings (SSSR count). The SMILES string of the molecule is CCOc1ccc(Br)cc1S(=O)(=O)Nc1ccc(C(=O)N2CCc3cc(CCC(C)(C)O)ccc3C2)cc1. The largest absolute Gasteiger partial charge is 0.492 e. The van der Waals surface area contributed by atoms with E-state index in [1.807, 2.05) is 18.7 Å². The highest BCUT2D eigenvalue weighted by atomic mass is 79.9. The molecule has 0 aromatic heterocycles. The molecule has 38 heavy (non-hydrogen) atoms. The molecule has 1 heterocycles. The first-order valence-corrected chi connectivity index (χ1v) is 14.9. The first-order chi connectivity index (χ1) is 17.9. The maximum atomic E-state index is 13.2. The van der Waals surface area contributed by atoms with Crippen molar-refractivity contribution in [2.75, 3.05) is 17.9 Å². The molecule has 202 valence electrons. The monoisotopic (exact) mass is 600 g/mol. The molecule has 0 unspecified atom stereocenters. The van der Waals surface area contributed by atoms with Crippen LogP contribution < -0.4 is 9.46 Å². The third-order valence-electron chi connectivity index (χ3n) is 6.47. The van der Waals surface area contributed by atoms with Crippen molar-refractivity contribution in [2.45, 2.75) is 57.1 Å². The van der Waals surface area contributed by atoms with Gasteiger partial charge >= 0.3 is 0 Å². The number of rotatable bonds is 9. The van der Waals surface area contributed by atoms with Crippen molar-refractivity contribution in [1.82, 2.24) is 4.90 Å². The zero-order chi connectivity index (χ0) is 27.5. The summed E-state index contributed by atoms with van der Waals surface area (Å²) in [5, 5.41) is 10.0. The Morgan fingerprint density at radius 1 is 1.08 bits per heavy atom. The Kier molecular flexibility index (Phi) is 8.49. The minimum absolute atomic E-state index is 0.0316. The number of amides is 1. The topological polar surface area (TPSA) is 95.9 Å². The first-order valence-electron chi connectivity index (χ1n) is 12.6. The molecule has 0 aliphatic carbocycles. The van der Waals surface area contributed by atoms with Crippen LogP contribution in [0.4, 0.5) is 5.69 Å². The summed E-state index contributed by atoms with van der Waals surface area (Å²) in [5.41, 5.74) is 3.72. The Morgan fingerprint density at radius 3 is 2.50 bits per heavy atom. The fourth-order valence-corrected chi connectivity index (χ4v) is 6.17. The van der Waals surface area contributed by atoms with Crippen molar-refractivity contribution in [3.05, 3.63) is 87.4 Å². The maximum Gasteiger partial charge on any atom is 0.265 e. The molecule has 1 aliphatic rings. The number of carbonyl (C=O) groups is 1.